The van der Waals surface area contributed by atoms with Gasteiger partial charge in [-0.3, -0.25) is 14.3 Å². The molecule has 2 amide bonds. The van der Waals surface area contributed by atoms with E-state index in [0.29, 0.717) is 35.0 Å². The van der Waals surface area contributed by atoms with Gasteiger partial charge in [0.15, 0.2) is 5.76 Å². The molecule has 0 atom stereocenters. The first kappa shape index (κ1) is 23.6. The van der Waals surface area contributed by atoms with E-state index < -0.39 is 17.8 Å². The second kappa shape index (κ2) is 9.58. The summed E-state index contributed by atoms with van der Waals surface area (Å²) in [4.78, 5) is 37.2. The van der Waals surface area contributed by atoms with Gasteiger partial charge in [-0.15, -0.1) is 11.3 Å². The lowest BCUT2D eigenvalue weighted by molar-refractivity contribution is 0.0506. The van der Waals surface area contributed by atoms with Crippen molar-refractivity contribution in [1.82, 2.24) is 9.78 Å². The molecule has 0 aromatic carbocycles. The Morgan fingerprint density at radius 2 is 2.00 bits per heavy atom. The quantitative estimate of drug-likeness (QED) is 0.469. The Morgan fingerprint density at radius 3 is 2.59 bits per heavy atom. The molecule has 0 saturated heterocycles. The van der Waals surface area contributed by atoms with Crippen LogP contribution in [0.2, 0.25) is 5.02 Å². The molecule has 0 aliphatic rings. The van der Waals surface area contributed by atoms with Crippen LogP contribution in [0.3, 0.4) is 0 Å². The first-order valence-electron chi connectivity index (χ1n) is 9.83. The summed E-state index contributed by atoms with van der Waals surface area (Å²) >= 11 is 7.09. The third-order valence-electron chi connectivity index (χ3n) is 4.72. The molecule has 0 aliphatic carbocycles. The topological polar surface area (TPSA) is 129 Å². The number of rotatable bonds is 8. The van der Waals surface area contributed by atoms with Crippen LogP contribution in [0.25, 0.3) is 0 Å². The molecule has 32 heavy (non-hydrogen) atoms. The number of amides is 2. The third-order valence-corrected chi connectivity index (χ3v) is 6.49. The Morgan fingerprint density at radius 1 is 1.28 bits per heavy atom. The summed E-state index contributed by atoms with van der Waals surface area (Å²) < 4.78 is 12.5. The smallest absolute Gasteiger partial charge is 0.341 e. The van der Waals surface area contributed by atoms with Gasteiger partial charge >= 0.3 is 5.97 Å². The van der Waals surface area contributed by atoms with Crippen molar-refractivity contribution in [1.29, 1.82) is 0 Å². The molecule has 3 N–H and O–H groups in total. The maximum Gasteiger partial charge on any atom is 0.341 e. The highest BCUT2D eigenvalue weighted by molar-refractivity contribution is 7.18. The molecular formula is C21H23ClN4O5S. The van der Waals surface area contributed by atoms with Crippen LogP contribution >= 0.6 is 22.9 Å². The van der Waals surface area contributed by atoms with Gasteiger partial charge in [-0.25, -0.2) is 4.79 Å². The van der Waals surface area contributed by atoms with E-state index in [-0.39, 0.29) is 27.8 Å². The molecule has 0 bridgehead atoms. The Hall–Kier alpha value is -3.11. The van der Waals surface area contributed by atoms with E-state index in [9.17, 15) is 14.4 Å². The SMILES string of the molecule is CCCOC(=O)c1c(NC(=O)c2ccc(Cn3nc(C)c(Cl)c3C)o2)sc(C(N)=O)c1C. The van der Waals surface area contributed by atoms with E-state index >= 15 is 0 Å². The summed E-state index contributed by atoms with van der Waals surface area (Å²) in [5.74, 6) is -1.37. The highest BCUT2D eigenvalue weighted by atomic mass is 35.5. The second-order valence-corrected chi connectivity index (χ2v) is 8.52. The number of nitrogens with zero attached hydrogens (tertiary/aromatic N) is 2. The number of primary amides is 1. The van der Waals surface area contributed by atoms with E-state index in [2.05, 4.69) is 10.4 Å². The predicted molar refractivity (Wildman–Crippen MR) is 121 cm³/mol. The van der Waals surface area contributed by atoms with Crippen LogP contribution in [0.4, 0.5) is 5.00 Å². The van der Waals surface area contributed by atoms with Gasteiger partial charge in [0.2, 0.25) is 0 Å². The van der Waals surface area contributed by atoms with Crippen molar-refractivity contribution in [3.63, 3.8) is 0 Å². The highest BCUT2D eigenvalue weighted by Gasteiger charge is 2.26. The number of aryl methyl sites for hydroxylation is 1. The van der Waals surface area contributed by atoms with Crippen LogP contribution in [0, 0.1) is 20.8 Å². The summed E-state index contributed by atoms with van der Waals surface area (Å²) in [6.45, 7) is 7.60. The molecular weight excluding hydrogens is 456 g/mol. The van der Waals surface area contributed by atoms with Gasteiger partial charge in [0.1, 0.15) is 10.8 Å². The van der Waals surface area contributed by atoms with Crippen molar-refractivity contribution in [2.45, 2.75) is 40.7 Å². The fraction of sp³-hybridized carbons (Fsp3) is 0.333. The van der Waals surface area contributed by atoms with Gasteiger partial charge in [0, 0.05) is 0 Å². The molecule has 3 aromatic rings. The summed E-state index contributed by atoms with van der Waals surface area (Å²) in [6.07, 6.45) is 0.634. The largest absolute Gasteiger partial charge is 0.462 e. The number of esters is 1. The van der Waals surface area contributed by atoms with Gasteiger partial charge in [-0.2, -0.15) is 5.10 Å². The molecule has 0 saturated carbocycles. The van der Waals surface area contributed by atoms with Crippen LogP contribution in [-0.4, -0.2) is 34.2 Å². The molecule has 11 heteroatoms. The lowest BCUT2D eigenvalue weighted by Crippen LogP contribution is -2.15. The molecule has 0 aliphatic heterocycles. The average molecular weight is 479 g/mol. The number of furan rings is 1. The number of nitrogens with one attached hydrogen (secondary N) is 1. The fourth-order valence-corrected chi connectivity index (χ4v) is 4.25. The van der Waals surface area contributed by atoms with E-state index in [1.807, 2.05) is 13.8 Å². The molecule has 0 radical (unpaired) electrons. The Kier molecular flexibility index (Phi) is 7.05. The second-order valence-electron chi connectivity index (χ2n) is 7.12. The zero-order valence-electron chi connectivity index (χ0n) is 18.1. The number of ether oxygens (including phenoxy) is 1. The third kappa shape index (κ3) is 4.71. The van der Waals surface area contributed by atoms with Crippen molar-refractivity contribution < 1.29 is 23.5 Å². The van der Waals surface area contributed by atoms with Gasteiger partial charge in [0.25, 0.3) is 11.8 Å². The number of anilines is 1. The van der Waals surface area contributed by atoms with Crippen LogP contribution in [0.5, 0.6) is 0 Å². The number of hydrogen-bond acceptors (Lipinski definition) is 7. The summed E-state index contributed by atoms with van der Waals surface area (Å²) in [5.41, 5.74) is 7.37. The average Bonchev–Trinajstić information content (AvgIpc) is 3.40. The van der Waals surface area contributed by atoms with Crippen LogP contribution in [-0.2, 0) is 11.3 Å². The predicted octanol–water partition coefficient (Wildman–Crippen LogP) is 4.08. The monoisotopic (exact) mass is 478 g/mol. The molecule has 0 fully saturated rings. The minimum absolute atomic E-state index is 0.0344. The fourth-order valence-electron chi connectivity index (χ4n) is 3.08. The molecule has 3 aromatic heterocycles. The van der Waals surface area contributed by atoms with Crippen molar-refractivity contribution in [3.05, 3.63) is 56.1 Å². The number of thiophene rings is 1. The maximum absolute atomic E-state index is 12.8. The number of nitrogens with two attached hydrogens (primary N) is 1. The number of carbonyl (C=O) groups is 3. The van der Waals surface area contributed by atoms with E-state index in [1.54, 1.807) is 24.6 Å². The number of carbonyl (C=O) groups excluding carboxylic acids is 3. The summed E-state index contributed by atoms with van der Waals surface area (Å²) in [5, 5.41) is 7.73. The van der Waals surface area contributed by atoms with Gasteiger partial charge < -0.3 is 20.2 Å². The zero-order chi connectivity index (χ0) is 23.6. The molecule has 3 rings (SSSR count). The zero-order valence-corrected chi connectivity index (χ0v) is 19.6. The minimum atomic E-state index is -0.693. The van der Waals surface area contributed by atoms with E-state index in [0.717, 1.165) is 17.0 Å². The van der Waals surface area contributed by atoms with E-state index in [4.69, 9.17) is 26.5 Å². The summed E-state index contributed by atoms with van der Waals surface area (Å²) in [7, 11) is 0. The summed E-state index contributed by atoms with van der Waals surface area (Å²) in [6, 6.07) is 3.17. The molecule has 9 nitrogen and oxygen atoms in total. The van der Waals surface area contributed by atoms with Crippen LogP contribution in [0.15, 0.2) is 16.5 Å². The normalized spacial score (nSPS) is 10.9. The molecule has 0 unspecified atom stereocenters. The first-order valence-corrected chi connectivity index (χ1v) is 11.0. The van der Waals surface area contributed by atoms with Crippen molar-refractivity contribution >= 4 is 45.7 Å². The lowest BCUT2D eigenvalue weighted by atomic mass is 10.1. The molecule has 3 heterocycles. The van der Waals surface area contributed by atoms with E-state index in [1.165, 1.54) is 6.07 Å². The Bertz CT molecular complexity index is 1190. The lowest BCUT2D eigenvalue weighted by Gasteiger charge is -2.07. The van der Waals surface area contributed by atoms with Crippen molar-refractivity contribution in [3.8, 4) is 0 Å². The van der Waals surface area contributed by atoms with Crippen LogP contribution in [0.1, 0.15) is 66.6 Å². The first-order chi connectivity index (χ1) is 15.1. The Labute approximate surface area is 193 Å². The Balaban J connectivity index is 1.82. The number of aromatic nitrogens is 2. The van der Waals surface area contributed by atoms with Crippen molar-refractivity contribution in [2.24, 2.45) is 5.73 Å². The number of halogens is 1. The van der Waals surface area contributed by atoms with Crippen molar-refractivity contribution in [2.75, 3.05) is 11.9 Å². The maximum atomic E-state index is 12.8. The standard InChI is InChI=1S/C21H23ClN4O5S/c1-5-8-30-21(29)15-10(2)17(18(23)27)32-20(15)24-19(28)14-7-6-13(31-14)9-26-12(4)16(22)11(3)25-26/h6-7H,5,8-9H2,1-4H3,(H2,23,27)(H,24,28). The number of hydrogen-bond donors (Lipinski definition) is 2. The highest BCUT2D eigenvalue weighted by Crippen LogP contribution is 2.34. The van der Waals surface area contributed by atoms with Gasteiger partial charge in [-0.05, 0) is 44.9 Å². The van der Waals surface area contributed by atoms with Gasteiger partial charge in [0.05, 0.1) is 40.0 Å². The van der Waals surface area contributed by atoms with Gasteiger partial charge in [-0.1, -0.05) is 18.5 Å². The molecule has 170 valence electrons. The molecule has 0 spiro atoms. The van der Waals surface area contributed by atoms with Crippen LogP contribution < -0.4 is 11.1 Å². The minimum Gasteiger partial charge on any atom is -0.462 e.